The summed E-state index contributed by atoms with van der Waals surface area (Å²) in [6.07, 6.45) is 11.4. The van der Waals surface area contributed by atoms with Gasteiger partial charge in [0.05, 0.1) is 12.3 Å². The molecular formula is C14H21NO. The lowest BCUT2D eigenvalue weighted by Gasteiger charge is -2.18. The number of hydrogen-bond donors (Lipinski definition) is 1. The lowest BCUT2D eigenvalue weighted by Crippen LogP contribution is -2.35. The van der Waals surface area contributed by atoms with Crippen LogP contribution in [0.4, 0.5) is 0 Å². The minimum absolute atomic E-state index is 0.205. The van der Waals surface area contributed by atoms with Gasteiger partial charge in [-0.3, -0.25) is 0 Å². The van der Waals surface area contributed by atoms with Gasteiger partial charge in [0.2, 0.25) is 0 Å². The van der Waals surface area contributed by atoms with Gasteiger partial charge in [0, 0.05) is 12.5 Å². The summed E-state index contributed by atoms with van der Waals surface area (Å²) in [7, 11) is 0. The molecule has 16 heavy (non-hydrogen) atoms. The second-order valence-corrected chi connectivity index (χ2v) is 4.19. The highest BCUT2D eigenvalue weighted by atomic mass is 16.3. The van der Waals surface area contributed by atoms with Gasteiger partial charge < -0.3 is 9.73 Å². The molecule has 0 saturated carbocycles. The molecule has 2 heteroatoms. The van der Waals surface area contributed by atoms with Crippen molar-refractivity contribution < 1.29 is 4.42 Å². The van der Waals surface area contributed by atoms with Crippen molar-refractivity contribution in [2.45, 2.75) is 51.6 Å². The minimum atomic E-state index is 0.205. The van der Waals surface area contributed by atoms with Crippen molar-refractivity contribution in [3.63, 3.8) is 0 Å². The van der Waals surface area contributed by atoms with E-state index in [9.17, 15) is 0 Å². The third-order valence-electron chi connectivity index (χ3n) is 2.67. The summed E-state index contributed by atoms with van der Waals surface area (Å²) in [5.74, 6) is 3.84. The molecule has 0 amide bonds. The standard InChI is InChI=1S/C14H21NO/c1-4-7-13(5-2)15-12(3)9-10-14-8-6-11-16-14/h2,6,8,11-13,15H,4,7,9-10H2,1,3H3. The first kappa shape index (κ1) is 12.9. The molecule has 0 aliphatic heterocycles. The fourth-order valence-electron chi connectivity index (χ4n) is 1.74. The Balaban J connectivity index is 2.24. The summed E-state index contributed by atoms with van der Waals surface area (Å²) in [6.45, 7) is 4.32. The zero-order valence-corrected chi connectivity index (χ0v) is 10.2. The Bertz CT molecular complexity index is 310. The summed E-state index contributed by atoms with van der Waals surface area (Å²) in [5.41, 5.74) is 0. The first-order chi connectivity index (χ1) is 7.76. The molecule has 0 aliphatic carbocycles. The topological polar surface area (TPSA) is 25.2 Å². The van der Waals surface area contributed by atoms with E-state index in [1.807, 2.05) is 12.1 Å². The summed E-state index contributed by atoms with van der Waals surface area (Å²) in [6, 6.07) is 4.57. The Morgan fingerprint density at radius 1 is 1.50 bits per heavy atom. The molecule has 0 spiro atoms. The fourth-order valence-corrected chi connectivity index (χ4v) is 1.74. The predicted octanol–water partition coefficient (Wildman–Crippen LogP) is 2.99. The van der Waals surface area contributed by atoms with Crippen LogP contribution in [0.25, 0.3) is 0 Å². The van der Waals surface area contributed by atoms with Gasteiger partial charge in [0.15, 0.2) is 0 Å². The van der Waals surface area contributed by atoms with Gasteiger partial charge >= 0.3 is 0 Å². The number of rotatable bonds is 7. The lowest BCUT2D eigenvalue weighted by molar-refractivity contribution is 0.434. The largest absolute Gasteiger partial charge is 0.469 e. The van der Waals surface area contributed by atoms with Crippen LogP contribution in [0.1, 0.15) is 38.9 Å². The Morgan fingerprint density at radius 2 is 2.31 bits per heavy atom. The molecule has 1 aromatic rings. The monoisotopic (exact) mass is 219 g/mol. The highest BCUT2D eigenvalue weighted by molar-refractivity contribution is 5.01. The second-order valence-electron chi connectivity index (χ2n) is 4.19. The van der Waals surface area contributed by atoms with Crippen LogP contribution in [-0.4, -0.2) is 12.1 Å². The summed E-state index contributed by atoms with van der Waals surface area (Å²) < 4.78 is 5.29. The molecule has 0 fully saturated rings. The molecule has 0 radical (unpaired) electrons. The van der Waals surface area contributed by atoms with Crippen molar-refractivity contribution >= 4 is 0 Å². The van der Waals surface area contributed by atoms with Crippen LogP contribution in [0.5, 0.6) is 0 Å². The lowest BCUT2D eigenvalue weighted by atomic mass is 10.1. The van der Waals surface area contributed by atoms with Crippen molar-refractivity contribution in [2.24, 2.45) is 0 Å². The van der Waals surface area contributed by atoms with E-state index in [4.69, 9.17) is 10.8 Å². The Labute approximate surface area is 98.4 Å². The van der Waals surface area contributed by atoms with Crippen LogP contribution >= 0.6 is 0 Å². The van der Waals surface area contributed by atoms with Crippen molar-refractivity contribution in [3.8, 4) is 12.3 Å². The zero-order chi connectivity index (χ0) is 11.8. The third kappa shape index (κ3) is 4.55. The van der Waals surface area contributed by atoms with E-state index in [0.29, 0.717) is 6.04 Å². The maximum Gasteiger partial charge on any atom is 0.103 e. The van der Waals surface area contributed by atoms with E-state index < -0.39 is 0 Å². The Kier molecular flexibility index (Phi) is 5.74. The average Bonchev–Trinajstić information content (AvgIpc) is 2.78. The van der Waals surface area contributed by atoms with Crippen molar-refractivity contribution in [1.29, 1.82) is 0 Å². The average molecular weight is 219 g/mol. The molecule has 0 aliphatic rings. The molecule has 2 atom stereocenters. The molecule has 0 saturated heterocycles. The first-order valence-electron chi connectivity index (χ1n) is 6.00. The van der Waals surface area contributed by atoms with Gasteiger partial charge in [-0.1, -0.05) is 19.3 Å². The normalized spacial score (nSPS) is 14.3. The molecule has 1 heterocycles. The molecule has 1 aromatic heterocycles. The van der Waals surface area contributed by atoms with E-state index in [1.54, 1.807) is 6.26 Å². The van der Waals surface area contributed by atoms with Crippen LogP contribution in [0.2, 0.25) is 0 Å². The molecule has 2 unspecified atom stereocenters. The maximum atomic E-state index is 5.47. The quantitative estimate of drug-likeness (QED) is 0.713. The third-order valence-corrected chi connectivity index (χ3v) is 2.67. The summed E-state index contributed by atoms with van der Waals surface area (Å²) >= 11 is 0. The fraction of sp³-hybridized carbons (Fsp3) is 0.571. The number of nitrogens with one attached hydrogen (secondary N) is 1. The van der Waals surface area contributed by atoms with Gasteiger partial charge in [0.25, 0.3) is 0 Å². The first-order valence-corrected chi connectivity index (χ1v) is 6.00. The van der Waals surface area contributed by atoms with Crippen LogP contribution < -0.4 is 5.32 Å². The van der Waals surface area contributed by atoms with E-state index in [1.165, 1.54) is 0 Å². The molecule has 0 aromatic carbocycles. The smallest absolute Gasteiger partial charge is 0.103 e. The highest BCUT2D eigenvalue weighted by Gasteiger charge is 2.09. The Hall–Kier alpha value is -1.20. The van der Waals surface area contributed by atoms with Crippen molar-refractivity contribution in [1.82, 2.24) is 5.32 Å². The molecule has 1 rings (SSSR count). The second kappa shape index (κ2) is 7.14. The molecule has 0 bridgehead atoms. The number of hydrogen-bond acceptors (Lipinski definition) is 2. The van der Waals surface area contributed by atoms with Gasteiger partial charge in [-0.2, -0.15) is 0 Å². The predicted molar refractivity (Wildman–Crippen MR) is 67.2 cm³/mol. The van der Waals surface area contributed by atoms with Crippen molar-refractivity contribution in [2.75, 3.05) is 0 Å². The molecular weight excluding hydrogens is 198 g/mol. The van der Waals surface area contributed by atoms with Gasteiger partial charge in [-0.25, -0.2) is 0 Å². The van der Waals surface area contributed by atoms with Crippen molar-refractivity contribution in [3.05, 3.63) is 24.2 Å². The maximum absolute atomic E-state index is 5.47. The minimum Gasteiger partial charge on any atom is -0.469 e. The van der Waals surface area contributed by atoms with Gasteiger partial charge in [0.1, 0.15) is 5.76 Å². The van der Waals surface area contributed by atoms with Crippen LogP contribution in [-0.2, 0) is 6.42 Å². The SMILES string of the molecule is C#CC(CCC)NC(C)CCc1ccco1. The van der Waals surface area contributed by atoms with Crippen LogP contribution in [0, 0.1) is 12.3 Å². The van der Waals surface area contributed by atoms with Crippen LogP contribution in [0.3, 0.4) is 0 Å². The highest BCUT2D eigenvalue weighted by Crippen LogP contribution is 2.07. The Morgan fingerprint density at radius 3 is 2.88 bits per heavy atom. The van der Waals surface area contributed by atoms with E-state index >= 15 is 0 Å². The summed E-state index contributed by atoms with van der Waals surface area (Å²) in [4.78, 5) is 0. The molecule has 88 valence electrons. The van der Waals surface area contributed by atoms with Gasteiger partial charge in [-0.05, 0) is 31.9 Å². The summed E-state index contributed by atoms with van der Waals surface area (Å²) in [5, 5.41) is 3.45. The van der Waals surface area contributed by atoms with E-state index in [0.717, 1.165) is 31.4 Å². The molecule has 2 nitrogen and oxygen atoms in total. The molecule has 1 N–H and O–H groups in total. The van der Waals surface area contributed by atoms with Crippen LogP contribution in [0.15, 0.2) is 22.8 Å². The van der Waals surface area contributed by atoms with Gasteiger partial charge in [-0.15, -0.1) is 6.42 Å². The number of furan rings is 1. The number of aryl methyl sites for hydroxylation is 1. The van der Waals surface area contributed by atoms with E-state index in [-0.39, 0.29) is 6.04 Å². The zero-order valence-electron chi connectivity index (χ0n) is 10.2. The number of terminal acetylenes is 1. The van der Waals surface area contributed by atoms with E-state index in [2.05, 4.69) is 25.1 Å².